The molecule has 5 nitrogen and oxygen atoms in total. The van der Waals surface area contributed by atoms with Gasteiger partial charge in [-0.25, -0.2) is 0 Å². The number of para-hydroxylation sites is 1. The summed E-state index contributed by atoms with van der Waals surface area (Å²) in [5, 5.41) is 13.9. The summed E-state index contributed by atoms with van der Waals surface area (Å²) in [6.45, 7) is 0.612. The normalized spacial score (nSPS) is 10.8. The molecule has 1 amide bonds. The molecule has 1 N–H and O–H groups in total. The standard InChI is InChI=1S/C13H17N3O2/c1-15(8-5-9-17)13(18)12-10-6-3-4-7-11(10)16(2)14-12/h3-4,6-7,17H,5,8-9H2,1-2H3. The van der Waals surface area contributed by atoms with Crippen LogP contribution in [0.15, 0.2) is 24.3 Å². The smallest absolute Gasteiger partial charge is 0.274 e. The van der Waals surface area contributed by atoms with Gasteiger partial charge in [0.05, 0.1) is 5.52 Å². The largest absolute Gasteiger partial charge is 0.396 e. The van der Waals surface area contributed by atoms with Crippen molar-refractivity contribution >= 4 is 16.8 Å². The van der Waals surface area contributed by atoms with Crippen LogP contribution in [0.5, 0.6) is 0 Å². The highest BCUT2D eigenvalue weighted by Crippen LogP contribution is 2.18. The van der Waals surface area contributed by atoms with Crippen molar-refractivity contribution in [3.63, 3.8) is 0 Å². The fourth-order valence-electron chi connectivity index (χ4n) is 1.96. The van der Waals surface area contributed by atoms with E-state index in [9.17, 15) is 4.79 Å². The molecule has 0 atom stereocenters. The van der Waals surface area contributed by atoms with Crippen LogP contribution >= 0.6 is 0 Å². The maximum Gasteiger partial charge on any atom is 0.274 e. The monoisotopic (exact) mass is 247 g/mol. The van der Waals surface area contributed by atoms with Gasteiger partial charge in [-0.2, -0.15) is 5.10 Å². The third kappa shape index (κ3) is 2.22. The maximum atomic E-state index is 12.2. The van der Waals surface area contributed by atoms with Crippen LogP contribution in [0.2, 0.25) is 0 Å². The van der Waals surface area contributed by atoms with Gasteiger partial charge in [-0.05, 0) is 12.5 Å². The topological polar surface area (TPSA) is 58.4 Å². The zero-order valence-electron chi connectivity index (χ0n) is 10.6. The molecule has 0 aliphatic heterocycles. The highest BCUT2D eigenvalue weighted by molar-refractivity contribution is 6.04. The first-order valence-electron chi connectivity index (χ1n) is 5.93. The third-order valence-corrected chi connectivity index (χ3v) is 2.96. The molecule has 2 rings (SSSR count). The van der Waals surface area contributed by atoms with E-state index in [0.717, 1.165) is 10.9 Å². The zero-order chi connectivity index (χ0) is 13.1. The summed E-state index contributed by atoms with van der Waals surface area (Å²) in [5.41, 5.74) is 1.41. The Labute approximate surface area is 106 Å². The summed E-state index contributed by atoms with van der Waals surface area (Å²) >= 11 is 0. The lowest BCUT2D eigenvalue weighted by Crippen LogP contribution is -2.28. The fraction of sp³-hybridized carbons (Fsp3) is 0.385. The van der Waals surface area contributed by atoms with Crippen LogP contribution in [0.3, 0.4) is 0 Å². The van der Waals surface area contributed by atoms with E-state index in [0.29, 0.717) is 18.7 Å². The molecule has 0 aliphatic carbocycles. The molecule has 5 heteroatoms. The van der Waals surface area contributed by atoms with Crippen molar-refractivity contribution in [3.8, 4) is 0 Å². The van der Waals surface area contributed by atoms with Gasteiger partial charge in [0.1, 0.15) is 0 Å². The predicted octanol–water partition coefficient (Wildman–Crippen LogP) is 1.03. The first-order valence-corrected chi connectivity index (χ1v) is 5.93. The maximum absolute atomic E-state index is 12.2. The van der Waals surface area contributed by atoms with Crippen LogP contribution in [-0.4, -0.2) is 45.9 Å². The lowest BCUT2D eigenvalue weighted by molar-refractivity contribution is 0.0781. The van der Waals surface area contributed by atoms with Crippen molar-refractivity contribution in [1.82, 2.24) is 14.7 Å². The second-order valence-corrected chi connectivity index (χ2v) is 4.29. The van der Waals surface area contributed by atoms with Crippen LogP contribution in [0.1, 0.15) is 16.9 Å². The summed E-state index contributed by atoms with van der Waals surface area (Å²) in [4.78, 5) is 13.8. The Morgan fingerprint density at radius 2 is 2.17 bits per heavy atom. The van der Waals surface area contributed by atoms with Gasteiger partial charge in [-0.1, -0.05) is 18.2 Å². The minimum Gasteiger partial charge on any atom is -0.396 e. The minimum atomic E-state index is -0.111. The Balaban J connectivity index is 2.33. The number of hydrogen-bond acceptors (Lipinski definition) is 3. The second kappa shape index (κ2) is 5.18. The Morgan fingerprint density at radius 3 is 2.89 bits per heavy atom. The van der Waals surface area contributed by atoms with Crippen LogP contribution in [0.25, 0.3) is 10.9 Å². The first-order chi connectivity index (χ1) is 8.65. The van der Waals surface area contributed by atoms with E-state index in [4.69, 9.17) is 5.11 Å². The number of benzene rings is 1. The first kappa shape index (κ1) is 12.6. The zero-order valence-corrected chi connectivity index (χ0v) is 10.6. The fourth-order valence-corrected chi connectivity index (χ4v) is 1.96. The summed E-state index contributed by atoms with van der Waals surface area (Å²) < 4.78 is 1.71. The van der Waals surface area contributed by atoms with Crippen LogP contribution in [0, 0.1) is 0 Å². The number of rotatable bonds is 4. The summed E-state index contributed by atoms with van der Waals surface area (Å²) in [7, 11) is 3.55. The number of aliphatic hydroxyl groups is 1. The van der Waals surface area contributed by atoms with Crippen LogP contribution in [-0.2, 0) is 7.05 Å². The number of aryl methyl sites for hydroxylation is 1. The van der Waals surface area contributed by atoms with Gasteiger partial charge < -0.3 is 10.0 Å². The molecular weight excluding hydrogens is 230 g/mol. The number of aliphatic hydroxyl groups excluding tert-OH is 1. The molecular formula is C13H17N3O2. The lowest BCUT2D eigenvalue weighted by atomic mass is 10.2. The molecule has 18 heavy (non-hydrogen) atoms. The van der Waals surface area contributed by atoms with Crippen molar-refractivity contribution in [2.75, 3.05) is 20.2 Å². The van der Waals surface area contributed by atoms with Crippen LogP contribution in [0.4, 0.5) is 0 Å². The summed E-state index contributed by atoms with van der Waals surface area (Å²) in [5.74, 6) is -0.111. The lowest BCUT2D eigenvalue weighted by Gasteiger charge is -2.14. The molecule has 0 bridgehead atoms. The summed E-state index contributed by atoms with van der Waals surface area (Å²) in [6, 6.07) is 7.66. The van der Waals surface area contributed by atoms with Crippen molar-refractivity contribution in [2.45, 2.75) is 6.42 Å². The highest BCUT2D eigenvalue weighted by atomic mass is 16.3. The number of carbonyl (C=O) groups is 1. The SMILES string of the molecule is CN(CCCO)C(=O)c1nn(C)c2ccccc12. The van der Waals surface area contributed by atoms with E-state index >= 15 is 0 Å². The van der Waals surface area contributed by atoms with Gasteiger partial charge in [0.15, 0.2) is 5.69 Å². The number of aromatic nitrogens is 2. The second-order valence-electron chi connectivity index (χ2n) is 4.29. The van der Waals surface area contributed by atoms with Crippen LogP contribution < -0.4 is 0 Å². The van der Waals surface area contributed by atoms with Gasteiger partial charge in [-0.15, -0.1) is 0 Å². The Hall–Kier alpha value is -1.88. The van der Waals surface area contributed by atoms with E-state index in [-0.39, 0.29) is 12.5 Å². The van der Waals surface area contributed by atoms with E-state index in [1.807, 2.05) is 31.3 Å². The van der Waals surface area contributed by atoms with Crippen molar-refractivity contribution in [2.24, 2.45) is 7.05 Å². The van der Waals surface area contributed by atoms with Gasteiger partial charge >= 0.3 is 0 Å². The number of nitrogens with zero attached hydrogens (tertiary/aromatic N) is 3. The molecule has 1 aromatic heterocycles. The molecule has 1 aromatic carbocycles. The molecule has 0 saturated heterocycles. The average molecular weight is 247 g/mol. The van der Waals surface area contributed by atoms with E-state index in [1.54, 1.807) is 16.6 Å². The molecule has 2 aromatic rings. The molecule has 1 heterocycles. The highest BCUT2D eigenvalue weighted by Gasteiger charge is 2.18. The number of carbonyl (C=O) groups excluding carboxylic acids is 1. The van der Waals surface area contributed by atoms with Gasteiger partial charge in [-0.3, -0.25) is 9.48 Å². The van der Waals surface area contributed by atoms with Gasteiger partial charge in [0.25, 0.3) is 5.91 Å². The number of hydrogen-bond donors (Lipinski definition) is 1. The molecule has 0 aliphatic rings. The van der Waals surface area contributed by atoms with Gasteiger partial charge in [0, 0.05) is 32.6 Å². The quantitative estimate of drug-likeness (QED) is 0.877. The summed E-state index contributed by atoms with van der Waals surface area (Å²) in [6.07, 6.45) is 0.576. The third-order valence-electron chi connectivity index (χ3n) is 2.96. The molecule has 0 unspecified atom stereocenters. The minimum absolute atomic E-state index is 0.0839. The Bertz CT molecular complexity index is 562. The van der Waals surface area contributed by atoms with Crippen molar-refractivity contribution in [1.29, 1.82) is 0 Å². The van der Waals surface area contributed by atoms with E-state index < -0.39 is 0 Å². The van der Waals surface area contributed by atoms with E-state index in [1.165, 1.54) is 0 Å². The van der Waals surface area contributed by atoms with Gasteiger partial charge in [0.2, 0.25) is 0 Å². The molecule has 0 saturated carbocycles. The molecule has 96 valence electrons. The van der Waals surface area contributed by atoms with Crippen molar-refractivity contribution in [3.05, 3.63) is 30.0 Å². The Morgan fingerprint density at radius 1 is 1.44 bits per heavy atom. The number of fused-ring (bicyclic) bond motifs is 1. The molecule has 0 fully saturated rings. The Kier molecular flexibility index (Phi) is 3.62. The van der Waals surface area contributed by atoms with E-state index in [2.05, 4.69) is 5.10 Å². The molecule has 0 radical (unpaired) electrons. The van der Waals surface area contributed by atoms with Crippen molar-refractivity contribution < 1.29 is 9.90 Å². The average Bonchev–Trinajstić information content (AvgIpc) is 2.73. The predicted molar refractivity (Wildman–Crippen MR) is 69.4 cm³/mol. The molecule has 0 spiro atoms. The number of amides is 1.